The predicted octanol–water partition coefficient (Wildman–Crippen LogP) is 19.4. The summed E-state index contributed by atoms with van der Waals surface area (Å²) in [6.45, 7) is 6.56. The van der Waals surface area contributed by atoms with Crippen LogP contribution in [0.15, 0.2) is 72.9 Å². The van der Waals surface area contributed by atoms with Crippen LogP contribution in [0.5, 0.6) is 0 Å². The van der Waals surface area contributed by atoms with E-state index < -0.39 is 6.10 Å². The summed E-state index contributed by atoms with van der Waals surface area (Å²) in [5.74, 6) is -0.950. The van der Waals surface area contributed by atoms with Crippen molar-refractivity contribution in [2.75, 3.05) is 13.2 Å². The zero-order chi connectivity index (χ0) is 49.3. The van der Waals surface area contributed by atoms with E-state index in [4.69, 9.17) is 14.2 Å². The molecule has 0 aliphatic rings. The number of rotatable bonds is 52. The quantitative estimate of drug-likeness (QED) is 0.0262. The molecular weight excluding hydrogens is 841 g/mol. The fourth-order valence-corrected chi connectivity index (χ4v) is 8.05. The van der Waals surface area contributed by atoms with Gasteiger partial charge in [-0.1, -0.05) is 248 Å². The molecule has 0 aromatic rings. The molecule has 0 saturated heterocycles. The molecule has 6 nitrogen and oxygen atoms in total. The van der Waals surface area contributed by atoms with Crippen LogP contribution in [0.1, 0.15) is 284 Å². The summed E-state index contributed by atoms with van der Waals surface area (Å²) in [7, 11) is 0. The molecule has 0 heterocycles. The second-order valence-electron chi connectivity index (χ2n) is 19.2. The number of carbonyl (C=O) groups is 3. The van der Waals surface area contributed by atoms with Crippen molar-refractivity contribution in [1.82, 2.24) is 0 Å². The molecule has 0 N–H and O–H groups in total. The molecule has 0 spiro atoms. The van der Waals surface area contributed by atoms with Gasteiger partial charge in [0.2, 0.25) is 0 Å². The Morgan fingerprint density at radius 2 is 0.544 bits per heavy atom. The van der Waals surface area contributed by atoms with Gasteiger partial charge in [-0.05, 0) is 89.9 Å². The molecule has 68 heavy (non-hydrogen) atoms. The van der Waals surface area contributed by atoms with E-state index in [0.29, 0.717) is 19.3 Å². The van der Waals surface area contributed by atoms with E-state index in [1.54, 1.807) is 0 Å². The Kier molecular flexibility index (Phi) is 53.8. The summed E-state index contributed by atoms with van der Waals surface area (Å²) >= 11 is 0. The molecule has 0 fully saturated rings. The Morgan fingerprint density at radius 3 is 0.912 bits per heavy atom. The van der Waals surface area contributed by atoms with E-state index in [9.17, 15) is 14.4 Å². The molecule has 6 heteroatoms. The van der Waals surface area contributed by atoms with Crippen LogP contribution in [0.3, 0.4) is 0 Å². The number of ether oxygens (including phenoxy) is 3. The Morgan fingerprint density at radius 1 is 0.294 bits per heavy atom. The molecule has 0 rings (SSSR count). The molecular formula is C62H108O6. The van der Waals surface area contributed by atoms with Crippen LogP contribution in [0.4, 0.5) is 0 Å². The van der Waals surface area contributed by atoms with Crippen molar-refractivity contribution in [3.8, 4) is 0 Å². The van der Waals surface area contributed by atoms with Crippen LogP contribution >= 0.6 is 0 Å². The Hall–Kier alpha value is -3.15. The largest absolute Gasteiger partial charge is 0.462 e. The zero-order valence-electron chi connectivity index (χ0n) is 44.9. The van der Waals surface area contributed by atoms with Gasteiger partial charge in [-0.25, -0.2) is 0 Å². The third-order valence-electron chi connectivity index (χ3n) is 12.4. The first-order valence-corrected chi connectivity index (χ1v) is 28.9. The van der Waals surface area contributed by atoms with Gasteiger partial charge >= 0.3 is 17.9 Å². The van der Waals surface area contributed by atoms with Crippen molar-refractivity contribution in [2.24, 2.45) is 0 Å². The highest BCUT2D eigenvalue weighted by Crippen LogP contribution is 2.16. The highest BCUT2D eigenvalue weighted by molar-refractivity contribution is 5.71. The zero-order valence-corrected chi connectivity index (χ0v) is 44.9. The van der Waals surface area contributed by atoms with Crippen LogP contribution < -0.4 is 0 Å². The van der Waals surface area contributed by atoms with Gasteiger partial charge in [0.1, 0.15) is 13.2 Å². The van der Waals surface area contributed by atoms with Crippen molar-refractivity contribution in [2.45, 2.75) is 290 Å². The van der Waals surface area contributed by atoms with Crippen molar-refractivity contribution in [3.05, 3.63) is 72.9 Å². The molecule has 0 bridgehead atoms. The lowest BCUT2D eigenvalue weighted by Crippen LogP contribution is -2.30. The lowest BCUT2D eigenvalue weighted by molar-refractivity contribution is -0.167. The lowest BCUT2D eigenvalue weighted by atomic mass is 10.0. The van der Waals surface area contributed by atoms with Crippen LogP contribution in [0.2, 0.25) is 0 Å². The maximum absolute atomic E-state index is 12.9. The standard InChI is InChI=1S/C62H108O6/c1-4-7-10-13-16-19-22-25-28-31-34-37-40-43-46-49-52-55-61(64)67-58-59(57-66-60(63)54-51-48-45-42-39-36-33-30-27-24-21-18-15-12-9-6-3)68-62(65)56-53-50-47-44-41-38-35-32-29-26-23-20-17-14-11-8-5-2/h16-17,19-20,25-26,28-29,34,37,43,46,59H,4-15,18,21-24,27,30-33,35-36,38-42,44-45,47-58H2,1-3H3/b19-16-,20-17-,28-25-,29-26-,37-34-,46-43-. The first-order valence-electron chi connectivity index (χ1n) is 28.9. The fraction of sp³-hybridized carbons (Fsp3) is 0.758. The Labute approximate surface area is 421 Å². The smallest absolute Gasteiger partial charge is 0.306 e. The second-order valence-corrected chi connectivity index (χ2v) is 19.2. The van der Waals surface area contributed by atoms with Gasteiger partial charge < -0.3 is 14.2 Å². The second kappa shape index (κ2) is 56.4. The van der Waals surface area contributed by atoms with E-state index in [0.717, 1.165) is 77.0 Å². The average molecular weight is 950 g/mol. The van der Waals surface area contributed by atoms with Crippen LogP contribution in [0, 0.1) is 0 Å². The van der Waals surface area contributed by atoms with E-state index in [-0.39, 0.29) is 37.5 Å². The highest BCUT2D eigenvalue weighted by Gasteiger charge is 2.19. The highest BCUT2D eigenvalue weighted by atomic mass is 16.6. The Balaban J connectivity index is 4.46. The van der Waals surface area contributed by atoms with Crippen LogP contribution in [0.25, 0.3) is 0 Å². The van der Waals surface area contributed by atoms with Gasteiger partial charge in [-0.3, -0.25) is 14.4 Å². The van der Waals surface area contributed by atoms with E-state index in [2.05, 4.69) is 93.7 Å². The molecule has 0 aromatic heterocycles. The summed E-state index contributed by atoms with van der Waals surface area (Å²) in [6.07, 6.45) is 71.8. The molecule has 1 atom stereocenters. The molecule has 0 amide bonds. The number of unbranched alkanes of at least 4 members (excludes halogenated alkanes) is 29. The average Bonchev–Trinajstić information content (AvgIpc) is 3.34. The molecule has 0 saturated carbocycles. The van der Waals surface area contributed by atoms with E-state index >= 15 is 0 Å². The van der Waals surface area contributed by atoms with Gasteiger partial charge in [-0.2, -0.15) is 0 Å². The van der Waals surface area contributed by atoms with Crippen LogP contribution in [-0.2, 0) is 28.6 Å². The molecule has 0 aliphatic heterocycles. The topological polar surface area (TPSA) is 78.9 Å². The molecule has 0 aromatic carbocycles. The minimum absolute atomic E-state index is 0.0934. The van der Waals surface area contributed by atoms with Crippen molar-refractivity contribution >= 4 is 17.9 Å². The van der Waals surface area contributed by atoms with Crippen LogP contribution in [-0.4, -0.2) is 37.2 Å². The van der Waals surface area contributed by atoms with E-state index in [1.807, 2.05) is 0 Å². The number of esters is 3. The fourth-order valence-electron chi connectivity index (χ4n) is 8.05. The minimum Gasteiger partial charge on any atom is -0.462 e. The van der Waals surface area contributed by atoms with Gasteiger partial charge in [0.05, 0.1) is 0 Å². The first kappa shape index (κ1) is 64.8. The van der Waals surface area contributed by atoms with Crippen molar-refractivity contribution < 1.29 is 28.6 Å². The minimum atomic E-state index is -0.800. The maximum atomic E-state index is 12.9. The molecule has 0 aliphatic carbocycles. The number of hydrogen-bond donors (Lipinski definition) is 0. The molecule has 0 radical (unpaired) electrons. The first-order chi connectivity index (χ1) is 33.5. The third kappa shape index (κ3) is 53.8. The van der Waals surface area contributed by atoms with Gasteiger partial charge in [0, 0.05) is 19.3 Å². The number of allylic oxidation sites excluding steroid dienone is 12. The maximum Gasteiger partial charge on any atom is 0.306 e. The lowest BCUT2D eigenvalue weighted by Gasteiger charge is -2.18. The summed E-state index contributed by atoms with van der Waals surface area (Å²) in [4.78, 5) is 38.1. The predicted molar refractivity (Wildman–Crippen MR) is 293 cm³/mol. The Bertz CT molecular complexity index is 1270. The number of hydrogen-bond acceptors (Lipinski definition) is 6. The SMILES string of the molecule is CCCCC/C=C\C/C=C\C/C=C\C/C=C\CCCC(=O)OCC(COC(=O)CCCCCCCCCCCCCCCCCC)OC(=O)CCCCCCCCC/C=C\C/C=C\CCCCC. The van der Waals surface area contributed by atoms with Gasteiger partial charge in [-0.15, -0.1) is 0 Å². The van der Waals surface area contributed by atoms with Gasteiger partial charge in [0.25, 0.3) is 0 Å². The summed E-state index contributed by atoms with van der Waals surface area (Å²) in [6, 6.07) is 0. The summed E-state index contributed by atoms with van der Waals surface area (Å²) in [5, 5.41) is 0. The molecule has 1 unspecified atom stereocenters. The van der Waals surface area contributed by atoms with Gasteiger partial charge in [0.15, 0.2) is 6.10 Å². The van der Waals surface area contributed by atoms with Crippen molar-refractivity contribution in [1.29, 1.82) is 0 Å². The third-order valence-corrected chi connectivity index (χ3v) is 12.4. The summed E-state index contributed by atoms with van der Waals surface area (Å²) < 4.78 is 16.8. The monoisotopic (exact) mass is 949 g/mol. The normalized spacial score (nSPS) is 12.6. The summed E-state index contributed by atoms with van der Waals surface area (Å²) in [5.41, 5.74) is 0. The number of carbonyl (C=O) groups excluding carboxylic acids is 3. The van der Waals surface area contributed by atoms with Crippen molar-refractivity contribution in [3.63, 3.8) is 0 Å². The molecule has 392 valence electrons. The van der Waals surface area contributed by atoms with E-state index in [1.165, 1.54) is 161 Å².